The van der Waals surface area contributed by atoms with E-state index in [9.17, 15) is 5.11 Å². The molecule has 0 radical (unpaired) electrons. The molecule has 0 spiro atoms. The van der Waals surface area contributed by atoms with E-state index in [1.807, 2.05) is 36.4 Å². The number of aromatic nitrogens is 1. The van der Waals surface area contributed by atoms with Gasteiger partial charge in [-0.2, -0.15) is 0 Å². The first-order chi connectivity index (χ1) is 12.8. The molecule has 2 N–H and O–H groups in total. The molecule has 0 unspecified atom stereocenters. The van der Waals surface area contributed by atoms with Gasteiger partial charge in [-0.05, 0) is 37.1 Å². The van der Waals surface area contributed by atoms with Gasteiger partial charge < -0.3 is 19.7 Å². The van der Waals surface area contributed by atoms with Gasteiger partial charge in [-0.3, -0.25) is 0 Å². The van der Waals surface area contributed by atoms with Crippen molar-refractivity contribution in [3.05, 3.63) is 66.6 Å². The Balaban J connectivity index is 1.45. The van der Waals surface area contributed by atoms with Crippen LogP contribution in [0.25, 0.3) is 11.5 Å². The summed E-state index contributed by atoms with van der Waals surface area (Å²) in [6.45, 7) is 2.35. The third-order valence-electron chi connectivity index (χ3n) is 4.74. The fourth-order valence-electron chi connectivity index (χ4n) is 3.29. The summed E-state index contributed by atoms with van der Waals surface area (Å²) >= 11 is 0. The van der Waals surface area contributed by atoms with E-state index in [0.29, 0.717) is 12.4 Å². The molecule has 0 aliphatic carbocycles. The maximum atomic E-state index is 9.73. The van der Waals surface area contributed by atoms with E-state index in [0.717, 1.165) is 42.9 Å². The first-order valence-corrected chi connectivity index (χ1v) is 9.05. The summed E-state index contributed by atoms with van der Waals surface area (Å²) in [7, 11) is 0. The number of hydrogen-bond acceptors (Lipinski definition) is 5. The zero-order valence-electron chi connectivity index (χ0n) is 14.6. The minimum atomic E-state index is -0.169. The summed E-state index contributed by atoms with van der Waals surface area (Å²) in [4.78, 5) is 6.90. The Morgan fingerprint density at radius 1 is 1.04 bits per heavy atom. The summed E-state index contributed by atoms with van der Waals surface area (Å²) in [6.07, 6.45) is 3.17. The van der Waals surface area contributed by atoms with Crippen LogP contribution < -0.4 is 10.2 Å². The molecule has 4 rings (SSSR count). The second-order valence-corrected chi connectivity index (χ2v) is 6.60. The molecule has 5 heteroatoms. The van der Waals surface area contributed by atoms with Crippen LogP contribution in [0.5, 0.6) is 0 Å². The van der Waals surface area contributed by atoms with Gasteiger partial charge in [0.05, 0.1) is 29.7 Å². The number of benzene rings is 2. The van der Waals surface area contributed by atoms with Crippen LogP contribution in [-0.4, -0.2) is 29.3 Å². The molecule has 1 aliphatic rings. The highest BCUT2D eigenvalue weighted by Crippen LogP contribution is 2.29. The lowest BCUT2D eigenvalue weighted by atomic mass is 10.1. The number of rotatable bonds is 5. The highest BCUT2D eigenvalue weighted by molar-refractivity contribution is 5.70. The van der Waals surface area contributed by atoms with E-state index in [1.165, 1.54) is 5.69 Å². The van der Waals surface area contributed by atoms with Gasteiger partial charge in [0, 0.05) is 18.7 Å². The highest BCUT2D eigenvalue weighted by atomic mass is 16.3. The first-order valence-electron chi connectivity index (χ1n) is 9.05. The molecule has 2 heterocycles. The standard InChI is InChI=1S/C21H23N3O2/c25-18-10-12-24(13-11-18)20-9-5-4-8-19(20)22-14-17-15-26-21(23-17)16-6-2-1-3-7-16/h1-9,15,18,22,25H,10-14H2. The molecule has 1 fully saturated rings. The van der Waals surface area contributed by atoms with Crippen molar-refractivity contribution < 1.29 is 9.52 Å². The maximum absolute atomic E-state index is 9.73. The molecular formula is C21H23N3O2. The Labute approximate surface area is 153 Å². The van der Waals surface area contributed by atoms with Gasteiger partial charge in [0.15, 0.2) is 0 Å². The van der Waals surface area contributed by atoms with Gasteiger partial charge >= 0.3 is 0 Å². The number of aliphatic hydroxyl groups is 1. The normalized spacial score (nSPS) is 15.2. The van der Waals surface area contributed by atoms with Crippen LogP contribution in [0, 0.1) is 0 Å². The molecule has 26 heavy (non-hydrogen) atoms. The predicted octanol–water partition coefficient (Wildman–Crippen LogP) is 3.91. The van der Waals surface area contributed by atoms with Crippen molar-refractivity contribution in [3.63, 3.8) is 0 Å². The summed E-state index contributed by atoms with van der Waals surface area (Å²) < 4.78 is 5.61. The molecule has 0 amide bonds. The number of nitrogens with one attached hydrogen (secondary N) is 1. The molecule has 2 aromatic carbocycles. The molecule has 0 atom stereocenters. The Morgan fingerprint density at radius 2 is 1.77 bits per heavy atom. The first kappa shape index (κ1) is 16.7. The second kappa shape index (κ2) is 7.62. The molecule has 5 nitrogen and oxygen atoms in total. The average molecular weight is 349 g/mol. The van der Waals surface area contributed by atoms with Gasteiger partial charge in [0.1, 0.15) is 6.26 Å². The van der Waals surface area contributed by atoms with Crippen molar-refractivity contribution in [1.82, 2.24) is 4.98 Å². The molecule has 0 bridgehead atoms. The van der Waals surface area contributed by atoms with Crippen molar-refractivity contribution in [2.75, 3.05) is 23.3 Å². The van der Waals surface area contributed by atoms with E-state index < -0.39 is 0 Å². The zero-order chi connectivity index (χ0) is 17.8. The summed E-state index contributed by atoms with van der Waals surface area (Å²) in [5.74, 6) is 0.640. The fourth-order valence-corrected chi connectivity index (χ4v) is 3.29. The number of anilines is 2. The van der Waals surface area contributed by atoms with E-state index in [1.54, 1.807) is 6.26 Å². The minimum absolute atomic E-state index is 0.169. The lowest BCUT2D eigenvalue weighted by molar-refractivity contribution is 0.145. The van der Waals surface area contributed by atoms with Crippen LogP contribution in [0.4, 0.5) is 11.4 Å². The van der Waals surface area contributed by atoms with Gasteiger partial charge in [0.25, 0.3) is 0 Å². The van der Waals surface area contributed by atoms with Gasteiger partial charge in [-0.15, -0.1) is 0 Å². The minimum Gasteiger partial charge on any atom is -0.444 e. The van der Waals surface area contributed by atoms with Crippen molar-refractivity contribution in [1.29, 1.82) is 0 Å². The van der Waals surface area contributed by atoms with Crippen LogP contribution in [-0.2, 0) is 6.54 Å². The molecule has 1 aliphatic heterocycles. The summed E-state index contributed by atoms with van der Waals surface area (Å²) in [5, 5.41) is 13.2. The Hall–Kier alpha value is -2.79. The van der Waals surface area contributed by atoms with Crippen LogP contribution in [0.2, 0.25) is 0 Å². The van der Waals surface area contributed by atoms with E-state index in [4.69, 9.17) is 4.42 Å². The SMILES string of the molecule is OC1CCN(c2ccccc2NCc2coc(-c3ccccc3)n2)CC1. The van der Waals surface area contributed by atoms with E-state index in [-0.39, 0.29) is 6.10 Å². The summed E-state index contributed by atoms with van der Waals surface area (Å²) in [6, 6.07) is 18.2. The largest absolute Gasteiger partial charge is 0.444 e. The van der Waals surface area contributed by atoms with Crippen LogP contribution in [0.15, 0.2) is 65.3 Å². The molecule has 1 saturated heterocycles. The third kappa shape index (κ3) is 3.73. The quantitative estimate of drug-likeness (QED) is 0.731. The van der Waals surface area contributed by atoms with Crippen LogP contribution in [0.1, 0.15) is 18.5 Å². The molecule has 134 valence electrons. The molecule has 0 saturated carbocycles. The smallest absolute Gasteiger partial charge is 0.226 e. The van der Waals surface area contributed by atoms with Crippen LogP contribution in [0.3, 0.4) is 0 Å². The van der Waals surface area contributed by atoms with Crippen molar-refractivity contribution >= 4 is 11.4 Å². The number of oxazole rings is 1. The second-order valence-electron chi connectivity index (χ2n) is 6.60. The molecular weight excluding hydrogens is 326 g/mol. The monoisotopic (exact) mass is 349 g/mol. The van der Waals surface area contributed by atoms with Crippen molar-refractivity contribution in [2.24, 2.45) is 0 Å². The van der Waals surface area contributed by atoms with E-state index in [2.05, 4.69) is 33.4 Å². The van der Waals surface area contributed by atoms with Crippen molar-refractivity contribution in [2.45, 2.75) is 25.5 Å². The van der Waals surface area contributed by atoms with Crippen molar-refractivity contribution in [3.8, 4) is 11.5 Å². The summed E-state index contributed by atoms with van der Waals surface area (Å²) in [5.41, 5.74) is 4.10. The Kier molecular flexibility index (Phi) is 4.88. The third-order valence-corrected chi connectivity index (χ3v) is 4.74. The van der Waals surface area contributed by atoms with Gasteiger partial charge in [-0.1, -0.05) is 30.3 Å². The Morgan fingerprint density at radius 3 is 2.58 bits per heavy atom. The van der Waals surface area contributed by atoms with Crippen LogP contribution >= 0.6 is 0 Å². The number of para-hydroxylation sites is 2. The zero-order valence-corrected chi connectivity index (χ0v) is 14.6. The number of hydrogen-bond donors (Lipinski definition) is 2. The van der Waals surface area contributed by atoms with Gasteiger partial charge in [-0.25, -0.2) is 4.98 Å². The average Bonchev–Trinajstić information content (AvgIpc) is 3.17. The Bertz CT molecular complexity index is 839. The lowest BCUT2D eigenvalue weighted by Crippen LogP contribution is -2.36. The van der Waals surface area contributed by atoms with Gasteiger partial charge in [0.2, 0.25) is 5.89 Å². The highest BCUT2D eigenvalue weighted by Gasteiger charge is 2.19. The molecule has 1 aromatic heterocycles. The topological polar surface area (TPSA) is 61.5 Å². The molecule has 3 aromatic rings. The number of aliphatic hydroxyl groups excluding tert-OH is 1. The number of piperidine rings is 1. The van der Waals surface area contributed by atoms with E-state index >= 15 is 0 Å². The fraction of sp³-hybridized carbons (Fsp3) is 0.286. The lowest BCUT2D eigenvalue weighted by Gasteiger charge is -2.32. The number of nitrogens with zero attached hydrogens (tertiary/aromatic N) is 2. The maximum Gasteiger partial charge on any atom is 0.226 e. The predicted molar refractivity (Wildman–Crippen MR) is 103 cm³/mol.